The van der Waals surface area contributed by atoms with E-state index in [4.69, 9.17) is 19.2 Å². The molecule has 6 nitrogen and oxygen atoms in total. The van der Waals surface area contributed by atoms with E-state index in [2.05, 4.69) is 0 Å². The molecule has 0 spiro atoms. The quantitative estimate of drug-likeness (QED) is 0.368. The second-order valence-electron chi connectivity index (χ2n) is 8.79. The van der Waals surface area contributed by atoms with Gasteiger partial charge < -0.3 is 19.1 Å². The van der Waals surface area contributed by atoms with Crippen LogP contribution in [0.2, 0.25) is 0 Å². The van der Waals surface area contributed by atoms with Crippen LogP contribution < -0.4 is 14.2 Å². The van der Waals surface area contributed by atoms with E-state index in [9.17, 15) is 9.18 Å². The molecule has 0 N–H and O–H groups in total. The van der Waals surface area contributed by atoms with Gasteiger partial charge in [0.2, 0.25) is 6.79 Å². The van der Waals surface area contributed by atoms with Gasteiger partial charge in [0.05, 0.1) is 18.3 Å². The molecule has 0 atom stereocenters. The Morgan fingerprint density at radius 3 is 2.60 bits per heavy atom. The number of carbonyl (C=O) groups excluding carboxylic acids is 1. The zero-order valence-electron chi connectivity index (χ0n) is 19.2. The molecule has 176 valence electrons. The van der Waals surface area contributed by atoms with Gasteiger partial charge >= 0.3 is 0 Å². The Morgan fingerprint density at radius 2 is 1.83 bits per heavy atom. The van der Waals surface area contributed by atoms with E-state index < -0.39 is 0 Å². The predicted octanol–water partition coefficient (Wildman–Crippen LogP) is 5.58. The number of amides is 1. The fourth-order valence-corrected chi connectivity index (χ4v) is 4.44. The van der Waals surface area contributed by atoms with Crippen LogP contribution in [0, 0.1) is 5.82 Å². The molecule has 1 aromatic heterocycles. The normalized spacial score (nSPS) is 14.2. The first-order valence-electron chi connectivity index (χ1n) is 11.5. The van der Waals surface area contributed by atoms with Gasteiger partial charge in [-0.2, -0.15) is 0 Å². The Hall–Kier alpha value is -4.13. The first-order chi connectivity index (χ1) is 17.1. The number of halogens is 1. The summed E-state index contributed by atoms with van der Waals surface area (Å²) in [6.07, 6.45) is 1.92. The van der Waals surface area contributed by atoms with Gasteiger partial charge in [0.25, 0.3) is 5.91 Å². The molecule has 2 heterocycles. The summed E-state index contributed by atoms with van der Waals surface area (Å²) in [6, 6.07) is 19.6. The average Bonchev–Trinajstić information content (AvgIpc) is 3.62. The Bertz CT molecular complexity index is 1430. The lowest BCUT2D eigenvalue weighted by Crippen LogP contribution is -2.32. The smallest absolute Gasteiger partial charge is 0.254 e. The molecule has 1 aliphatic carbocycles. The molecule has 0 radical (unpaired) electrons. The Balaban J connectivity index is 1.41. The topological polar surface area (TPSA) is 60.9 Å². The summed E-state index contributed by atoms with van der Waals surface area (Å²) in [5.41, 5.74) is 3.62. The maximum absolute atomic E-state index is 14.0. The van der Waals surface area contributed by atoms with Gasteiger partial charge in [0, 0.05) is 35.2 Å². The summed E-state index contributed by atoms with van der Waals surface area (Å²) in [7, 11) is 1.62. The Morgan fingerprint density at radius 1 is 1.03 bits per heavy atom. The van der Waals surface area contributed by atoms with E-state index >= 15 is 0 Å². The van der Waals surface area contributed by atoms with Crippen LogP contribution in [0.1, 0.15) is 28.8 Å². The molecule has 2 aliphatic rings. The summed E-state index contributed by atoms with van der Waals surface area (Å²) in [6.45, 7) is 0.549. The van der Waals surface area contributed by atoms with E-state index in [-0.39, 0.29) is 24.6 Å². The molecular weight excluding hydrogens is 447 g/mol. The van der Waals surface area contributed by atoms with Crippen LogP contribution in [0.15, 0.2) is 66.7 Å². The molecule has 35 heavy (non-hydrogen) atoms. The third-order valence-electron chi connectivity index (χ3n) is 6.43. The fraction of sp³-hybridized carbons (Fsp3) is 0.214. The highest BCUT2D eigenvalue weighted by Crippen LogP contribution is 2.36. The van der Waals surface area contributed by atoms with Crippen molar-refractivity contribution in [3.8, 4) is 28.5 Å². The maximum atomic E-state index is 14.0. The monoisotopic (exact) mass is 470 g/mol. The van der Waals surface area contributed by atoms with Gasteiger partial charge in [-0.05, 0) is 79.1 Å². The summed E-state index contributed by atoms with van der Waals surface area (Å²) in [4.78, 5) is 20.3. The summed E-state index contributed by atoms with van der Waals surface area (Å²) >= 11 is 0. The summed E-state index contributed by atoms with van der Waals surface area (Å²) in [5, 5.41) is 0.824. The van der Waals surface area contributed by atoms with Gasteiger partial charge in [-0.1, -0.05) is 0 Å². The number of hydrogen-bond donors (Lipinski definition) is 0. The highest BCUT2D eigenvalue weighted by Gasteiger charge is 2.34. The lowest BCUT2D eigenvalue weighted by Gasteiger charge is -2.24. The van der Waals surface area contributed by atoms with Crippen LogP contribution in [0.3, 0.4) is 0 Å². The number of carbonyl (C=O) groups is 1. The van der Waals surface area contributed by atoms with Gasteiger partial charge in [-0.3, -0.25) is 4.79 Å². The Kier molecular flexibility index (Phi) is 5.25. The average molecular weight is 471 g/mol. The standard InChI is InChI=1S/C28H23FN2O4/c1-33-23-9-3-17(4-10-23)27-20(12-18-2-6-21(29)14-24(18)30-27)15-31(22-7-8-22)28(32)19-5-11-25-26(13-19)35-16-34-25/h2-6,9-14,22H,7-8,15-16H2,1H3. The van der Waals surface area contributed by atoms with Crippen LogP contribution in [0.25, 0.3) is 22.2 Å². The largest absolute Gasteiger partial charge is 0.497 e. The van der Waals surface area contributed by atoms with Crippen molar-refractivity contribution < 1.29 is 23.4 Å². The predicted molar refractivity (Wildman–Crippen MR) is 129 cm³/mol. The second kappa shape index (κ2) is 8.58. The highest BCUT2D eigenvalue weighted by atomic mass is 19.1. The molecule has 0 saturated heterocycles. The zero-order chi connectivity index (χ0) is 23.9. The van der Waals surface area contributed by atoms with Crippen molar-refractivity contribution in [2.45, 2.75) is 25.4 Å². The fourth-order valence-electron chi connectivity index (χ4n) is 4.44. The minimum absolute atomic E-state index is 0.0642. The van der Waals surface area contributed by atoms with Crippen LogP contribution in [-0.2, 0) is 6.54 Å². The number of nitrogens with zero attached hydrogens (tertiary/aromatic N) is 2. The number of fused-ring (bicyclic) bond motifs is 2. The maximum Gasteiger partial charge on any atom is 0.254 e. The lowest BCUT2D eigenvalue weighted by molar-refractivity contribution is 0.0729. The van der Waals surface area contributed by atoms with E-state index in [1.165, 1.54) is 12.1 Å². The zero-order valence-corrected chi connectivity index (χ0v) is 19.2. The minimum Gasteiger partial charge on any atom is -0.497 e. The first-order valence-corrected chi connectivity index (χ1v) is 11.5. The number of aromatic nitrogens is 1. The van der Waals surface area contributed by atoms with E-state index in [1.54, 1.807) is 31.4 Å². The number of hydrogen-bond acceptors (Lipinski definition) is 5. The van der Waals surface area contributed by atoms with Crippen molar-refractivity contribution in [1.29, 1.82) is 0 Å². The van der Waals surface area contributed by atoms with Crippen molar-refractivity contribution in [1.82, 2.24) is 9.88 Å². The van der Waals surface area contributed by atoms with E-state index in [0.717, 1.165) is 40.8 Å². The molecule has 6 rings (SSSR count). The summed E-state index contributed by atoms with van der Waals surface area (Å²) < 4.78 is 30.1. The molecule has 4 aromatic rings. The van der Waals surface area contributed by atoms with Gasteiger partial charge in [-0.15, -0.1) is 0 Å². The number of rotatable bonds is 6. The van der Waals surface area contributed by atoms with Crippen molar-refractivity contribution in [2.75, 3.05) is 13.9 Å². The molecule has 0 bridgehead atoms. The third-order valence-corrected chi connectivity index (χ3v) is 6.43. The number of pyridine rings is 1. The van der Waals surface area contributed by atoms with E-state index in [1.807, 2.05) is 35.2 Å². The highest BCUT2D eigenvalue weighted by molar-refractivity contribution is 5.95. The molecule has 1 amide bonds. The SMILES string of the molecule is COc1ccc(-c2nc3cc(F)ccc3cc2CN(C(=O)c2ccc3c(c2)OCO3)C2CC2)cc1. The lowest BCUT2D eigenvalue weighted by atomic mass is 10.0. The van der Waals surface area contributed by atoms with Crippen molar-refractivity contribution >= 4 is 16.8 Å². The van der Waals surface area contributed by atoms with Crippen LogP contribution in [0.5, 0.6) is 17.2 Å². The number of methoxy groups -OCH3 is 1. The molecule has 1 fully saturated rings. The molecule has 1 saturated carbocycles. The van der Waals surface area contributed by atoms with Gasteiger partial charge in [0.1, 0.15) is 11.6 Å². The van der Waals surface area contributed by atoms with Crippen LogP contribution >= 0.6 is 0 Å². The van der Waals surface area contributed by atoms with Crippen molar-refractivity contribution in [3.05, 3.63) is 83.7 Å². The summed E-state index contributed by atoms with van der Waals surface area (Å²) in [5.74, 6) is 1.56. The molecule has 7 heteroatoms. The first kappa shape index (κ1) is 21.4. The number of benzene rings is 3. The van der Waals surface area contributed by atoms with E-state index in [0.29, 0.717) is 29.1 Å². The molecule has 3 aromatic carbocycles. The third kappa shape index (κ3) is 4.14. The van der Waals surface area contributed by atoms with Crippen LogP contribution in [0.4, 0.5) is 4.39 Å². The molecule has 0 unspecified atom stereocenters. The van der Waals surface area contributed by atoms with Gasteiger partial charge in [-0.25, -0.2) is 9.37 Å². The molecule has 1 aliphatic heterocycles. The van der Waals surface area contributed by atoms with Crippen molar-refractivity contribution in [3.63, 3.8) is 0 Å². The Labute approximate surface area is 201 Å². The minimum atomic E-state index is -0.337. The van der Waals surface area contributed by atoms with Crippen molar-refractivity contribution in [2.24, 2.45) is 0 Å². The van der Waals surface area contributed by atoms with Crippen LogP contribution in [-0.4, -0.2) is 35.7 Å². The molecular formula is C28H23FN2O4. The van der Waals surface area contributed by atoms with Gasteiger partial charge in [0.15, 0.2) is 11.5 Å². The second-order valence-corrected chi connectivity index (χ2v) is 8.79. The number of ether oxygens (including phenoxy) is 3.